The van der Waals surface area contributed by atoms with E-state index in [-0.39, 0.29) is 0 Å². The molecule has 0 saturated carbocycles. The maximum Gasteiger partial charge on any atom is 0.397 e. The lowest BCUT2D eigenvalue weighted by Crippen LogP contribution is -2.67. The number of carboxylic acid groups (broad SMARTS) is 1. The van der Waals surface area contributed by atoms with Crippen LogP contribution in [0, 0.1) is 0 Å². The van der Waals surface area contributed by atoms with Crippen molar-refractivity contribution in [3.8, 4) is 0 Å². The molecular weight excluding hydrogens is 558 g/mol. The molecule has 0 aromatic heterocycles. The standard InChI is InChI=1S/C12H19NO19S3/c14-3-1-4(10(16)17)30-12(7(3)15)31-8-5(2-28-34(22,23)24)29-11(18)6(13-33(19,20)21)9(8)32-35(25,26)27/h1,3,5-9,11-15,18H,2H2,(H,16,17)(H,19,20,21)(H,22,23,24)(H,25,26,27)/t3-,5+,6+,7+,8+,9+,11?,12-/m0/s1. The average Bonchev–Trinajstić information content (AvgIpc) is 2.65. The van der Waals surface area contributed by atoms with Crippen LogP contribution in [0.15, 0.2) is 11.8 Å². The molecule has 2 aliphatic heterocycles. The van der Waals surface area contributed by atoms with Crippen LogP contribution < -0.4 is 4.72 Å². The third kappa shape index (κ3) is 8.79. The zero-order chi connectivity index (χ0) is 26.9. The second kappa shape index (κ2) is 10.8. The summed E-state index contributed by atoms with van der Waals surface area (Å²) < 4.78 is 119. The van der Waals surface area contributed by atoms with E-state index >= 15 is 0 Å². The molecule has 0 aromatic carbocycles. The maximum atomic E-state index is 11.4. The van der Waals surface area contributed by atoms with Crippen molar-refractivity contribution < 1.29 is 86.7 Å². The minimum absolute atomic E-state index is 0.543. The molecule has 1 unspecified atom stereocenters. The van der Waals surface area contributed by atoms with Crippen molar-refractivity contribution in [3.05, 3.63) is 11.8 Å². The molecule has 0 amide bonds. The number of aliphatic hydroxyl groups excluding tert-OH is 3. The highest BCUT2D eigenvalue weighted by atomic mass is 32.3. The van der Waals surface area contributed by atoms with Crippen molar-refractivity contribution in [2.45, 2.75) is 49.1 Å². The summed E-state index contributed by atoms with van der Waals surface area (Å²) in [5, 5.41) is 39.0. The lowest BCUT2D eigenvalue weighted by atomic mass is 9.97. The normalized spacial score (nSPS) is 34.6. The van der Waals surface area contributed by atoms with Crippen LogP contribution in [-0.2, 0) is 58.5 Å². The van der Waals surface area contributed by atoms with E-state index in [1.54, 1.807) is 0 Å². The van der Waals surface area contributed by atoms with Crippen LogP contribution in [0.3, 0.4) is 0 Å². The van der Waals surface area contributed by atoms with E-state index in [2.05, 4.69) is 8.37 Å². The molecule has 23 heteroatoms. The highest BCUT2D eigenvalue weighted by Crippen LogP contribution is 2.31. The largest absolute Gasteiger partial charge is 0.475 e. The molecule has 1 saturated heterocycles. The smallest absolute Gasteiger partial charge is 0.397 e. The first-order valence-corrected chi connectivity index (χ1v) is 12.9. The van der Waals surface area contributed by atoms with Gasteiger partial charge < -0.3 is 34.6 Å². The molecule has 8 atom stereocenters. The van der Waals surface area contributed by atoms with Gasteiger partial charge in [0.2, 0.25) is 12.0 Å². The molecular formula is C12H19NO19S3. The maximum absolute atomic E-state index is 11.4. The van der Waals surface area contributed by atoms with E-state index in [1.807, 2.05) is 0 Å². The minimum Gasteiger partial charge on any atom is -0.475 e. The molecule has 8 N–H and O–H groups in total. The second-order valence-corrected chi connectivity index (χ2v) is 10.1. The fraction of sp³-hybridized carbons (Fsp3) is 0.750. The summed E-state index contributed by atoms with van der Waals surface area (Å²) in [7, 11) is -16.0. The number of nitrogens with one attached hydrogen (secondary N) is 1. The third-order valence-electron chi connectivity index (χ3n) is 4.26. The molecule has 2 aliphatic rings. The van der Waals surface area contributed by atoms with Gasteiger partial charge in [-0.2, -0.15) is 30.0 Å². The van der Waals surface area contributed by atoms with Gasteiger partial charge in [-0.15, -0.1) is 0 Å². The van der Waals surface area contributed by atoms with Gasteiger partial charge in [0.05, 0.1) is 6.61 Å². The number of carbonyl (C=O) groups is 1. The molecule has 2 rings (SSSR count). The van der Waals surface area contributed by atoms with E-state index < -0.39 is 98.6 Å². The van der Waals surface area contributed by atoms with Crippen molar-refractivity contribution in [1.29, 1.82) is 0 Å². The molecule has 0 spiro atoms. The highest BCUT2D eigenvalue weighted by molar-refractivity contribution is 7.83. The first-order valence-electron chi connectivity index (χ1n) is 8.76. The predicted molar refractivity (Wildman–Crippen MR) is 101 cm³/mol. The molecule has 0 aromatic rings. The van der Waals surface area contributed by atoms with Crippen molar-refractivity contribution in [1.82, 2.24) is 4.72 Å². The molecule has 1 fully saturated rings. The monoisotopic (exact) mass is 577 g/mol. The molecule has 204 valence electrons. The van der Waals surface area contributed by atoms with Gasteiger partial charge in [-0.1, -0.05) is 0 Å². The van der Waals surface area contributed by atoms with E-state index in [4.69, 9.17) is 33.0 Å². The lowest BCUT2D eigenvalue weighted by Gasteiger charge is -2.45. The van der Waals surface area contributed by atoms with E-state index in [0.29, 0.717) is 6.08 Å². The summed E-state index contributed by atoms with van der Waals surface area (Å²) in [6.45, 7) is -1.32. The van der Waals surface area contributed by atoms with Gasteiger partial charge in [0.15, 0.2) is 6.29 Å². The Kier molecular flexibility index (Phi) is 9.15. The summed E-state index contributed by atoms with van der Waals surface area (Å²) in [6, 6.07) is -2.35. The molecule has 35 heavy (non-hydrogen) atoms. The Hall–Kier alpha value is -1.58. The quantitative estimate of drug-likeness (QED) is 0.112. The number of hydrogen-bond donors (Lipinski definition) is 8. The number of hydrogen-bond acceptors (Lipinski definition) is 15. The molecule has 0 radical (unpaired) electrons. The van der Waals surface area contributed by atoms with Crippen molar-refractivity contribution in [2.75, 3.05) is 6.61 Å². The summed E-state index contributed by atoms with van der Waals surface area (Å²) in [5.74, 6) is -2.77. The average molecular weight is 577 g/mol. The van der Waals surface area contributed by atoms with Crippen molar-refractivity contribution in [2.24, 2.45) is 0 Å². The van der Waals surface area contributed by atoms with E-state index in [1.165, 1.54) is 4.72 Å². The summed E-state index contributed by atoms with van der Waals surface area (Å²) in [6.07, 6.45) is -15.1. The lowest BCUT2D eigenvalue weighted by molar-refractivity contribution is -0.301. The van der Waals surface area contributed by atoms with Gasteiger partial charge in [-0.05, 0) is 6.08 Å². The Morgan fingerprint density at radius 2 is 1.60 bits per heavy atom. The molecule has 0 aliphatic carbocycles. The third-order valence-corrected chi connectivity index (χ3v) is 5.73. The Morgan fingerprint density at radius 1 is 1.00 bits per heavy atom. The number of carboxylic acids is 1. The highest BCUT2D eigenvalue weighted by Gasteiger charge is 2.52. The first kappa shape index (κ1) is 29.6. The van der Waals surface area contributed by atoms with Gasteiger partial charge >= 0.3 is 37.1 Å². The molecule has 2 heterocycles. The topological polar surface area (TPSA) is 319 Å². The number of rotatable bonds is 10. The summed E-state index contributed by atoms with van der Waals surface area (Å²) in [5.41, 5.74) is 0. The Balaban J connectivity index is 2.52. The zero-order valence-electron chi connectivity index (χ0n) is 16.7. The fourth-order valence-corrected chi connectivity index (χ4v) is 4.37. The van der Waals surface area contributed by atoms with Gasteiger partial charge in [-0.3, -0.25) is 13.7 Å². The predicted octanol–water partition coefficient (Wildman–Crippen LogP) is -5.10. The number of aliphatic carboxylic acids is 1. The first-order chi connectivity index (χ1) is 15.8. The van der Waals surface area contributed by atoms with E-state index in [0.717, 1.165) is 0 Å². The van der Waals surface area contributed by atoms with Crippen LogP contribution in [0.2, 0.25) is 0 Å². The van der Waals surface area contributed by atoms with Crippen molar-refractivity contribution in [3.63, 3.8) is 0 Å². The van der Waals surface area contributed by atoms with Crippen LogP contribution in [0.5, 0.6) is 0 Å². The fourth-order valence-electron chi connectivity index (χ4n) is 2.96. The summed E-state index contributed by atoms with van der Waals surface area (Å²) in [4.78, 5) is 11.2. The number of ether oxygens (including phenoxy) is 3. The molecule has 0 bridgehead atoms. The van der Waals surface area contributed by atoms with Crippen LogP contribution in [0.25, 0.3) is 0 Å². The SMILES string of the molecule is O=C(O)C1=C[C@H](O)[C@@H](O)[C@H](O[C@H]2[C@H](OS(=O)(=O)O)[C@@H](NS(=O)(=O)O)C(O)O[C@@H]2COS(=O)(=O)O)O1. The zero-order valence-corrected chi connectivity index (χ0v) is 19.1. The summed E-state index contributed by atoms with van der Waals surface area (Å²) >= 11 is 0. The van der Waals surface area contributed by atoms with Crippen LogP contribution in [0.4, 0.5) is 0 Å². The van der Waals surface area contributed by atoms with Gasteiger partial charge in [0, 0.05) is 0 Å². The number of aliphatic hydroxyl groups is 3. The Bertz CT molecular complexity index is 1130. The van der Waals surface area contributed by atoms with Gasteiger partial charge in [0.1, 0.15) is 36.6 Å². The van der Waals surface area contributed by atoms with Gasteiger partial charge in [0.25, 0.3) is 0 Å². The van der Waals surface area contributed by atoms with Crippen LogP contribution in [0.1, 0.15) is 0 Å². The van der Waals surface area contributed by atoms with Gasteiger partial charge in [-0.25, -0.2) is 13.2 Å². The van der Waals surface area contributed by atoms with Crippen molar-refractivity contribution >= 4 is 37.1 Å². The van der Waals surface area contributed by atoms with Crippen LogP contribution >= 0.6 is 0 Å². The Labute approximate surface area is 196 Å². The van der Waals surface area contributed by atoms with Crippen LogP contribution in [-0.4, -0.2) is 121 Å². The van der Waals surface area contributed by atoms with E-state index in [9.17, 15) is 45.4 Å². The minimum atomic E-state index is -5.55. The Morgan fingerprint density at radius 3 is 2.09 bits per heavy atom. The second-order valence-electron chi connectivity index (χ2n) is 6.79. The molecule has 20 nitrogen and oxygen atoms in total.